The third-order valence-corrected chi connectivity index (χ3v) is 4.47. The van der Waals surface area contributed by atoms with E-state index in [1.807, 2.05) is 0 Å². The zero-order valence-corrected chi connectivity index (χ0v) is 16.6. The Hall–Kier alpha value is -2.83. The molecule has 2 aromatic rings. The van der Waals surface area contributed by atoms with Gasteiger partial charge in [-0.3, -0.25) is 4.79 Å². The molecule has 1 heterocycles. The Morgan fingerprint density at radius 1 is 1.18 bits per heavy atom. The zero-order valence-electron chi connectivity index (χ0n) is 16.6. The first-order valence-corrected chi connectivity index (χ1v) is 9.81. The second-order valence-corrected chi connectivity index (χ2v) is 6.67. The van der Waals surface area contributed by atoms with Gasteiger partial charge in [0.05, 0.1) is 12.9 Å². The second-order valence-electron chi connectivity index (χ2n) is 6.67. The molecule has 1 amide bonds. The van der Waals surface area contributed by atoms with Crippen LogP contribution in [0.4, 0.5) is 0 Å². The second kappa shape index (κ2) is 11.1. The summed E-state index contributed by atoms with van der Waals surface area (Å²) in [6.45, 7) is 4.56. The number of benzene rings is 1. The maximum atomic E-state index is 12.4. The minimum atomic E-state index is -0.469. The summed E-state index contributed by atoms with van der Waals surface area (Å²) in [5, 5.41) is 12.1. The van der Waals surface area contributed by atoms with Crippen LogP contribution in [0.1, 0.15) is 68.0 Å². The molecule has 2 rings (SSSR count). The SMILES string of the molecule is CCCCCCC(C(=O)OCC)n1cnc(C(=O)NCc2ccc(O)cc2)c1. The van der Waals surface area contributed by atoms with Crippen molar-refractivity contribution in [1.29, 1.82) is 0 Å². The topological polar surface area (TPSA) is 93.5 Å². The van der Waals surface area contributed by atoms with E-state index in [0.717, 1.165) is 31.2 Å². The van der Waals surface area contributed by atoms with Crippen LogP contribution < -0.4 is 5.32 Å². The first kappa shape index (κ1) is 21.5. The molecular weight excluding hydrogens is 358 g/mol. The van der Waals surface area contributed by atoms with Crippen LogP contribution in [-0.4, -0.2) is 33.1 Å². The van der Waals surface area contributed by atoms with Gasteiger partial charge in [-0.2, -0.15) is 0 Å². The van der Waals surface area contributed by atoms with Gasteiger partial charge in [0.15, 0.2) is 0 Å². The van der Waals surface area contributed by atoms with Gasteiger partial charge in [-0.05, 0) is 31.0 Å². The van der Waals surface area contributed by atoms with Gasteiger partial charge in [-0.1, -0.05) is 44.7 Å². The van der Waals surface area contributed by atoms with Crippen LogP contribution in [0.15, 0.2) is 36.8 Å². The Morgan fingerprint density at radius 3 is 2.61 bits per heavy atom. The van der Waals surface area contributed by atoms with E-state index < -0.39 is 6.04 Å². The lowest BCUT2D eigenvalue weighted by molar-refractivity contribution is -0.147. The van der Waals surface area contributed by atoms with E-state index >= 15 is 0 Å². The van der Waals surface area contributed by atoms with Gasteiger partial charge in [-0.15, -0.1) is 0 Å². The van der Waals surface area contributed by atoms with E-state index in [-0.39, 0.29) is 23.3 Å². The Bertz CT molecular complexity index is 755. The first-order chi connectivity index (χ1) is 13.5. The summed E-state index contributed by atoms with van der Waals surface area (Å²) < 4.78 is 6.86. The molecule has 1 aromatic carbocycles. The van der Waals surface area contributed by atoms with Crippen molar-refractivity contribution in [3.63, 3.8) is 0 Å². The van der Waals surface area contributed by atoms with Crippen LogP contribution in [0.2, 0.25) is 0 Å². The molecule has 1 unspecified atom stereocenters. The lowest BCUT2D eigenvalue weighted by Crippen LogP contribution is -2.24. The highest BCUT2D eigenvalue weighted by Crippen LogP contribution is 2.19. The molecule has 152 valence electrons. The number of phenols is 1. The summed E-state index contributed by atoms with van der Waals surface area (Å²) in [6, 6.07) is 6.14. The monoisotopic (exact) mass is 387 g/mol. The number of aromatic hydroxyl groups is 1. The lowest BCUT2D eigenvalue weighted by atomic mass is 10.1. The molecule has 1 atom stereocenters. The van der Waals surface area contributed by atoms with E-state index in [1.165, 1.54) is 6.33 Å². The highest BCUT2D eigenvalue weighted by Gasteiger charge is 2.22. The Labute approximate surface area is 165 Å². The predicted molar refractivity (Wildman–Crippen MR) is 106 cm³/mol. The maximum Gasteiger partial charge on any atom is 0.329 e. The number of hydrogen-bond acceptors (Lipinski definition) is 5. The molecule has 7 heteroatoms. The summed E-state index contributed by atoms with van der Waals surface area (Å²) in [4.78, 5) is 28.8. The molecule has 0 aliphatic carbocycles. The van der Waals surface area contributed by atoms with Gasteiger partial charge in [0.25, 0.3) is 5.91 Å². The van der Waals surface area contributed by atoms with E-state index in [2.05, 4.69) is 17.2 Å². The molecule has 0 bridgehead atoms. The van der Waals surface area contributed by atoms with Gasteiger partial charge in [0.2, 0.25) is 0 Å². The zero-order chi connectivity index (χ0) is 20.4. The van der Waals surface area contributed by atoms with Crippen LogP contribution in [0.25, 0.3) is 0 Å². The fraction of sp³-hybridized carbons (Fsp3) is 0.476. The molecule has 2 N–H and O–H groups in total. The third-order valence-electron chi connectivity index (χ3n) is 4.47. The van der Waals surface area contributed by atoms with Crippen molar-refractivity contribution in [3.05, 3.63) is 48.0 Å². The molecule has 1 aromatic heterocycles. The number of unbranched alkanes of at least 4 members (excludes halogenated alkanes) is 3. The van der Waals surface area contributed by atoms with Crippen molar-refractivity contribution in [2.24, 2.45) is 0 Å². The third kappa shape index (κ3) is 6.40. The molecule has 0 saturated carbocycles. The van der Waals surface area contributed by atoms with Crippen LogP contribution in [0.3, 0.4) is 0 Å². The van der Waals surface area contributed by atoms with Gasteiger partial charge >= 0.3 is 5.97 Å². The summed E-state index contributed by atoms with van der Waals surface area (Å²) >= 11 is 0. The average molecular weight is 387 g/mol. The maximum absolute atomic E-state index is 12.4. The number of carbonyl (C=O) groups excluding carboxylic acids is 2. The van der Waals surface area contributed by atoms with Crippen molar-refractivity contribution >= 4 is 11.9 Å². The van der Waals surface area contributed by atoms with Crippen LogP contribution in [0.5, 0.6) is 5.75 Å². The quantitative estimate of drug-likeness (QED) is 0.454. The average Bonchev–Trinajstić information content (AvgIpc) is 3.17. The summed E-state index contributed by atoms with van der Waals surface area (Å²) in [6.07, 6.45) is 7.98. The number of nitrogens with one attached hydrogen (secondary N) is 1. The van der Waals surface area contributed by atoms with Crippen LogP contribution in [0, 0.1) is 0 Å². The summed E-state index contributed by atoms with van der Waals surface area (Å²) in [7, 11) is 0. The molecule has 0 fully saturated rings. The summed E-state index contributed by atoms with van der Waals surface area (Å²) in [5.41, 5.74) is 1.12. The highest BCUT2D eigenvalue weighted by atomic mass is 16.5. The lowest BCUT2D eigenvalue weighted by Gasteiger charge is -2.16. The highest BCUT2D eigenvalue weighted by molar-refractivity contribution is 5.92. The largest absolute Gasteiger partial charge is 0.508 e. The molecular formula is C21H29N3O4. The van der Waals surface area contributed by atoms with Crippen molar-refractivity contribution in [3.8, 4) is 5.75 Å². The number of imidazole rings is 1. The normalized spacial score (nSPS) is 11.8. The molecule has 7 nitrogen and oxygen atoms in total. The van der Waals surface area contributed by atoms with Gasteiger partial charge in [-0.25, -0.2) is 9.78 Å². The van der Waals surface area contributed by atoms with E-state index in [1.54, 1.807) is 42.0 Å². The Balaban J connectivity index is 1.99. The number of carbonyl (C=O) groups is 2. The molecule has 0 radical (unpaired) electrons. The fourth-order valence-corrected chi connectivity index (χ4v) is 2.90. The van der Waals surface area contributed by atoms with Crippen molar-refractivity contribution < 1.29 is 19.4 Å². The number of rotatable bonds is 11. The number of nitrogens with zero attached hydrogens (tertiary/aromatic N) is 2. The number of phenolic OH excluding ortho intramolecular Hbond substituents is 1. The van der Waals surface area contributed by atoms with Gasteiger partial charge < -0.3 is 19.7 Å². The van der Waals surface area contributed by atoms with Crippen LogP contribution >= 0.6 is 0 Å². The molecule has 0 spiro atoms. The first-order valence-electron chi connectivity index (χ1n) is 9.81. The van der Waals surface area contributed by atoms with Gasteiger partial charge in [0, 0.05) is 12.7 Å². The van der Waals surface area contributed by atoms with Crippen molar-refractivity contribution in [2.75, 3.05) is 6.61 Å². The summed E-state index contributed by atoms with van der Waals surface area (Å²) in [5.74, 6) is -0.439. The molecule has 0 aliphatic heterocycles. The van der Waals surface area contributed by atoms with E-state index in [9.17, 15) is 14.7 Å². The smallest absolute Gasteiger partial charge is 0.329 e. The van der Waals surface area contributed by atoms with E-state index in [0.29, 0.717) is 19.6 Å². The molecule has 0 aliphatic rings. The predicted octanol–water partition coefficient (Wildman–Crippen LogP) is 3.59. The minimum absolute atomic E-state index is 0.178. The molecule has 0 saturated heterocycles. The number of esters is 1. The van der Waals surface area contributed by atoms with Crippen molar-refractivity contribution in [1.82, 2.24) is 14.9 Å². The Morgan fingerprint density at radius 2 is 1.93 bits per heavy atom. The Kier molecular flexibility index (Phi) is 8.52. The van der Waals surface area contributed by atoms with Gasteiger partial charge in [0.1, 0.15) is 17.5 Å². The van der Waals surface area contributed by atoms with E-state index in [4.69, 9.17) is 4.74 Å². The standard InChI is InChI=1S/C21H29N3O4/c1-3-5-6-7-8-19(21(27)28-4-2)24-14-18(23-15-24)20(26)22-13-16-9-11-17(25)12-10-16/h9-12,14-15,19,25H,3-8,13H2,1-2H3,(H,22,26). The fourth-order valence-electron chi connectivity index (χ4n) is 2.90. The minimum Gasteiger partial charge on any atom is -0.508 e. The number of hydrogen-bond donors (Lipinski definition) is 2. The number of amides is 1. The number of aromatic nitrogens is 2. The number of ether oxygens (including phenoxy) is 1. The molecule has 28 heavy (non-hydrogen) atoms. The van der Waals surface area contributed by atoms with Crippen molar-refractivity contribution in [2.45, 2.75) is 58.5 Å². The van der Waals surface area contributed by atoms with Crippen LogP contribution in [-0.2, 0) is 16.1 Å².